The predicted octanol–water partition coefficient (Wildman–Crippen LogP) is 4.59. The van der Waals surface area contributed by atoms with E-state index in [2.05, 4.69) is 34.6 Å². The molecule has 0 unspecified atom stereocenters. The number of aryl methyl sites for hydroxylation is 1. The summed E-state index contributed by atoms with van der Waals surface area (Å²) in [5.41, 5.74) is 6.66. The van der Waals surface area contributed by atoms with Gasteiger partial charge >= 0.3 is 5.97 Å². The van der Waals surface area contributed by atoms with Crippen LogP contribution >= 0.6 is 11.3 Å². The number of carbonyl (C=O) groups is 1. The molecule has 0 spiro atoms. The van der Waals surface area contributed by atoms with E-state index in [0.717, 1.165) is 11.1 Å². The highest BCUT2D eigenvalue weighted by Gasteiger charge is 2.08. The molecule has 0 aliphatic rings. The lowest BCUT2D eigenvalue weighted by Crippen LogP contribution is -2.07. The van der Waals surface area contributed by atoms with Crippen LogP contribution in [-0.2, 0) is 22.6 Å². The number of aromatic nitrogens is 1. The molecule has 3 aromatic rings. The summed E-state index contributed by atoms with van der Waals surface area (Å²) in [6, 6.07) is 13.8. The summed E-state index contributed by atoms with van der Waals surface area (Å²) in [6.07, 6.45) is 1.82. The molecule has 1 aromatic heterocycles. The van der Waals surface area contributed by atoms with Crippen LogP contribution in [0.1, 0.15) is 29.3 Å². The van der Waals surface area contributed by atoms with Crippen molar-refractivity contribution < 1.29 is 19.0 Å². The highest BCUT2D eigenvalue weighted by atomic mass is 32.1. The monoisotopic (exact) mass is 439 g/mol. The molecular formula is C23H25N3O4S. The van der Waals surface area contributed by atoms with Gasteiger partial charge in [-0.1, -0.05) is 29.8 Å². The lowest BCUT2D eigenvalue weighted by molar-refractivity contribution is -0.142. The van der Waals surface area contributed by atoms with E-state index in [1.54, 1.807) is 25.6 Å². The van der Waals surface area contributed by atoms with Gasteiger partial charge in [-0.3, -0.25) is 10.2 Å². The summed E-state index contributed by atoms with van der Waals surface area (Å²) < 4.78 is 16.3. The average molecular weight is 440 g/mol. The Morgan fingerprint density at radius 1 is 1.19 bits per heavy atom. The Morgan fingerprint density at radius 3 is 2.74 bits per heavy atom. The highest BCUT2D eigenvalue weighted by Crippen LogP contribution is 2.28. The SMILES string of the molecule is CCOC(=O)Cc1csc(N/N=C\c2ccc(OC)c(OCc3ccc(C)cc3)c2)n1. The number of thiazole rings is 1. The third kappa shape index (κ3) is 6.82. The van der Waals surface area contributed by atoms with Crippen molar-refractivity contribution in [3.8, 4) is 11.5 Å². The van der Waals surface area contributed by atoms with E-state index in [1.165, 1.54) is 16.9 Å². The van der Waals surface area contributed by atoms with Crippen molar-refractivity contribution in [2.75, 3.05) is 19.1 Å². The smallest absolute Gasteiger partial charge is 0.311 e. The lowest BCUT2D eigenvalue weighted by atomic mass is 10.1. The van der Waals surface area contributed by atoms with Gasteiger partial charge in [0.1, 0.15) is 6.61 Å². The van der Waals surface area contributed by atoms with E-state index in [-0.39, 0.29) is 12.4 Å². The molecule has 2 aromatic carbocycles. The number of nitrogens with one attached hydrogen (secondary N) is 1. The Kier molecular flexibility index (Phi) is 8.00. The molecule has 0 saturated heterocycles. The van der Waals surface area contributed by atoms with Gasteiger partial charge in [-0.2, -0.15) is 5.10 Å². The molecule has 7 nitrogen and oxygen atoms in total. The third-order valence-corrected chi connectivity index (χ3v) is 5.05. The number of carbonyl (C=O) groups excluding carboxylic acids is 1. The zero-order chi connectivity index (χ0) is 22.1. The Labute approximate surface area is 185 Å². The van der Waals surface area contributed by atoms with E-state index in [9.17, 15) is 4.79 Å². The predicted molar refractivity (Wildman–Crippen MR) is 122 cm³/mol. The van der Waals surface area contributed by atoms with Crippen molar-refractivity contribution in [3.05, 3.63) is 70.2 Å². The molecule has 0 fully saturated rings. The Morgan fingerprint density at radius 2 is 2.00 bits per heavy atom. The molecule has 1 heterocycles. The maximum atomic E-state index is 11.5. The van der Waals surface area contributed by atoms with Crippen LogP contribution in [0.5, 0.6) is 11.5 Å². The quantitative estimate of drug-likeness (QED) is 0.283. The molecule has 8 heteroatoms. The first-order valence-corrected chi connectivity index (χ1v) is 10.7. The third-order valence-electron chi connectivity index (χ3n) is 4.26. The van der Waals surface area contributed by atoms with Gasteiger partial charge in [-0.15, -0.1) is 11.3 Å². The first kappa shape index (κ1) is 22.3. The van der Waals surface area contributed by atoms with Crippen molar-refractivity contribution >= 4 is 28.7 Å². The van der Waals surface area contributed by atoms with Crippen molar-refractivity contribution in [3.63, 3.8) is 0 Å². The fourth-order valence-corrected chi connectivity index (χ4v) is 3.35. The standard InChI is InChI=1S/C23H25N3O4S/c1-4-29-22(27)12-19-15-31-23(25-19)26-24-13-18-9-10-20(28-3)21(11-18)30-14-17-7-5-16(2)6-8-17/h5-11,13,15H,4,12,14H2,1-3H3,(H,25,26)/b24-13-. The van der Waals surface area contributed by atoms with E-state index >= 15 is 0 Å². The number of esters is 1. The van der Waals surface area contributed by atoms with Crippen LogP contribution in [0, 0.1) is 6.92 Å². The number of hydrogen-bond donors (Lipinski definition) is 1. The van der Waals surface area contributed by atoms with Crippen LogP contribution in [0.3, 0.4) is 0 Å². The fourth-order valence-electron chi connectivity index (χ4n) is 2.69. The Balaban J connectivity index is 1.60. The van der Waals surface area contributed by atoms with Gasteiger partial charge in [-0.25, -0.2) is 4.98 Å². The summed E-state index contributed by atoms with van der Waals surface area (Å²) in [6.45, 7) is 4.63. The maximum absolute atomic E-state index is 11.5. The van der Waals surface area contributed by atoms with E-state index in [0.29, 0.717) is 35.5 Å². The maximum Gasteiger partial charge on any atom is 0.311 e. The van der Waals surface area contributed by atoms with Gasteiger partial charge in [0.25, 0.3) is 0 Å². The zero-order valence-electron chi connectivity index (χ0n) is 17.8. The summed E-state index contributed by atoms with van der Waals surface area (Å²) in [5, 5.41) is 6.63. The molecule has 3 rings (SSSR count). The minimum Gasteiger partial charge on any atom is -0.493 e. The Hall–Kier alpha value is -3.39. The van der Waals surface area contributed by atoms with Gasteiger partial charge < -0.3 is 14.2 Å². The van der Waals surface area contributed by atoms with Crippen LogP contribution in [0.25, 0.3) is 0 Å². The van der Waals surface area contributed by atoms with Crippen molar-refractivity contribution in [1.82, 2.24) is 4.98 Å². The van der Waals surface area contributed by atoms with Gasteiger partial charge in [0, 0.05) is 5.38 Å². The molecule has 31 heavy (non-hydrogen) atoms. The fraction of sp³-hybridized carbons (Fsp3) is 0.261. The van der Waals surface area contributed by atoms with Crippen molar-refractivity contribution in [2.24, 2.45) is 5.10 Å². The molecule has 0 amide bonds. The highest BCUT2D eigenvalue weighted by molar-refractivity contribution is 7.13. The van der Waals surface area contributed by atoms with Crippen LogP contribution in [0.2, 0.25) is 0 Å². The first-order valence-electron chi connectivity index (χ1n) is 9.83. The molecule has 0 saturated carbocycles. The van der Waals surface area contributed by atoms with E-state index in [4.69, 9.17) is 14.2 Å². The number of rotatable bonds is 10. The lowest BCUT2D eigenvalue weighted by Gasteiger charge is -2.11. The van der Waals surface area contributed by atoms with E-state index < -0.39 is 0 Å². The second kappa shape index (κ2) is 11.1. The van der Waals surface area contributed by atoms with Gasteiger partial charge in [0.15, 0.2) is 11.5 Å². The number of ether oxygens (including phenoxy) is 3. The number of benzene rings is 2. The largest absolute Gasteiger partial charge is 0.493 e. The minimum atomic E-state index is -0.292. The van der Waals surface area contributed by atoms with Gasteiger partial charge in [-0.05, 0) is 43.2 Å². The summed E-state index contributed by atoms with van der Waals surface area (Å²) in [4.78, 5) is 15.9. The van der Waals surface area contributed by atoms with Crippen LogP contribution in [-0.4, -0.2) is 30.9 Å². The number of nitrogens with zero attached hydrogens (tertiary/aromatic N) is 2. The second-order valence-corrected chi connectivity index (χ2v) is 7.54. The number of hydrogen-bond acceptors (Lipinski definition) is 8. The molecule has 0 atom stereocenters. The summed E-state index contributed by atoms with van der Waals surface area (Å²) >= 11 is 1.37. The molecule has 0 aliphatic carbocycles. The molecule has 0 bridgehead atoms. The Bertz CT molecular complexity index is 1030. The first-order chi connectivity index (χ1) is 15.1. The number of hydrazone groups is 1. The molecule has 0 radical (unpaired) electrons. The topological polar surface area (TPSA) is 82.0 Å². The van der Waals surface area contributed by atoms with Crippen LogP contribution in [0.4, 0.5) is 5.13 Å². The van der Waals surface area contributed by atoms with Crippen molar-refractivity contribution in [2.45, 2.75) is 26.9 Å². The molecular weight excluding hydrogens is 414 g/mol. The normalized spacial score (nSPS) is 10.8. The zero-order valence-corrected chi connectivity index (χ0v) is 18.6. The van der Waals surface area contributed by atoms with Crippen LogP contribution < -0.4 is 14.9 Å². The summed E-state index contributed by atoms with van der Waals surface area (Å²) in [5.74, 6) is 0.998. The van der Waals surface area contributed by atoms with Gasteiger partial charge in [0.2, 0.25) is 5.13 Å². The average Bonchev–Trinajstić information content (AvgIpc) is 3.20. The van der Waals surface area contributed by atoms with E-state index in [1.807, 2.05) is 30.3 Å². The molecule has 0 aliphatic heterocycles. The molecule has 1 N–H and O–H groups in total. The summed E-state index contributed by atoms with van der Waals surface area (Å²) in [7, 11) is 1.61. The minimum absolute atomic E-state index is 0.149. The van der Waals surface area contributed by atoms with Gasteiger partial charge in [0.05, 0.1) is 32.0 Å². The number of anilines is 1. The van der Waals surface area contributed by atoms with Crippen molar-refractivity contribution in [1.29, 1.82) is 0 Å². The number of methoxy groups -OCH3 is 1. The second-order valence-electron chi connectivity index (χ2n) is 6.68. The van der Waals surface area contributed by atoms with Crippen LogP contribution in [0.15, 0.2) is 52.9 Å². The molecule has 162 valence electrons.